The van der Waals surface area contributed by atoms with Crippen LogP contribution in [0.25, 0.3) is 0 Å². The molecule has 0 spiro atoms. The quantitative estimate of drug-likeness (QED) is 0.746. The number of benzene rings is 2. The van der Waals surface area contributed by atoms with Crippen LogP contribution in [0.2, 0.25) is 0 Å². The van der Waals surface area contributed by atoms with Crippen LogP contribution in [0, 0.1) is 0 Å². The summed E-state index contributed by atoms with van der Waals surface area (Å²) < 4.78 is 2.02. The normalized spacial score (nSPS) is 16.9. The van der Waals surface area contributed by atoms with Crippen LogP contribution in [0.1, 0.15) is 40.0 Å². The average Bonchev–Trinajstić information content (AvgIpc) is 3.27. The fourth-order valence-corrected chi connectivity index (χ4v) is 3.73. The van der Waals surface area contributed by atoms with Gasteiger partial charge in [0.05, 0.1) is 12.4 Å². The number of carbonyl (C=O) groups excluding carboxylic acids is 1. The molecule has 5 heteroatoms. The van der Waals surface area contributed by atoms with E-state index in [0.717, 1.165) is 43.7 Å². The van der Waals surface area contributed by atoms with Crippen LogP contribution in [-0.2, 0) is 13.0 Å². The second-order valence-corrected chi connectivity index (χ2v) is 7.25. The fraction of sp³-hybridized carbons (Fsp3) is 0.304. The van der Waals surface area contributed by atoms with Gasteiger partial charge in [0.2, 0.25) is 0 Å². The van der Waals surface area contributed by atoms with Crippen LogP contribution in [0.5, 0.6) is 0 Å². The van der Waals surface area contributed by atoms with Crippen molar-refractivity contribution in [2.75, 3.05) is 19.6 Å². The summed E-state index contributed by atoms with van der Waals surface area (Å²) in [6.07, 6.45) is 6.54. The van der Waals surface area contributed by atoms with E-state index in [1.807, 2.05) is 39.9 Å². The Balaban J connectivity index is 1.51. The smallest absolute Gasteiger partial charge is 0.254 e. The first-order valence-corrected chi connectivity index (χ1v) is 9.90. The molecule has 1 N–H and O–H groups in total. The van der Waals surface area contributed by atoms with Gasteiger partial charge in [-0.05, 0) is 35.2 Å². The van der Waals surface area contributed by atoms with E-state index in [9.17, 15) is 4.79 Å². The molecule has 1 atom stereocenters. The Bertz CT molecular complexity index is 901. The van der Waals surface area contributed by atoms with Crippen LogP contribution >= 0.6 is 0 Å². The molecule has 0 saturated carbocycles. The van der Waals surface area contributed by atoms with Gasteiger partial charge < -0.3 is 14.8 Å². The van der Waals surface area contributed by atoms with Gasteiger partial charge in [0.15, 0.2) is 0 Å². The molecule has 0 aliphatic carbocycles. The van der Waals surface area contributed by atoms with E-state index in [-0.39, 0.29) is 11.9 Å². The molecular weight excluding hydrogens is 348 g/mol. The molecule has 3 aromatic rings. The molecular formula is C23H26N4O. The van der Waals surface area contributed by atoms with Crippen LogP contribution < -0.4 is 5.32 Å². The summed E-state index contributed by atoms with van der Waals surface area (Å²) in [7, 11) is 0. The van der Waals surface area contributed by atoms with Crippen molar-refractivity contribution >= 4 is 5.91 Å². The van der Waals surface area contributed by atoms with Crippen molar-refractivity contribution in [1.82, 2.24) is 19.8 Å². The molecule has 1 unspecified atom stereocenters. The number of hydrogen-bond donors (Lipinski definition) is 1. The minimum atomic E-state index is 0.0674. The molecule has 1 aliphatic heterocycles. The molecule has 1 amide bonds. The maximum Gasteiger partial charge on any atom is 0.254 e. The van der Waals surface area contributed by atoms with Crippen molar-refractivity contribution in [3.8, 4) is 0 Å². The highest BCUT2D eigenvalue weighted by atomic mass is 16.2. The number of nitrogens with one attached hydrogen (secondary N) is 1. The fourth-order valence-electron chi connectivity index (χ4n) is 3.73. The Morgan fingerprint density at radius 2 is 1.86 bits per heavy atom. The summed E-state index contributed by atoms with van der Waals surface area (Å²) >= 11 is 0. The summed E-state index contributed by atoms with van der Waals surface area (Å²) in [6, 6.07) is 16.6. The number of carbonyl (C=O) groups is 1. The van der Waals surface area contributed by atoms with Crippen LogP contribution in [-0.4, -0.2) is 40.0 Å². The van der Waals surface area contributed by atoms with Gasteiger partial charge in [-0.25, -0.2) is 4.98 Å². The van der Waals surface area contributed by atoms with E-state index in [0.29, 0.717) is 0 Å². The maximum absolute atomic E-state index is 13.2. The Morgan fingerprint density at radius 3 is 2.54 bits per heavy atom. The zero-order chi connectivity index (χ0) is 19.3. The van der Waals surface area contributed by atoms with E-state index >= 15 is 0 Å². The van der Waals surface area contributed by atoms with Gasteiger partial charge in [-0.1, -0.05) is 43.3 Å². The summed E-state index contributed by atoms with van der Waals surface area (Å²) in [4.78, 5) is 19.3. The first-order valence-electron chi connectivity index (χ1n) is 9.90. The molecule has 144 valence electrons. The van der Waals surface area contributed by atoms with E-state index < -0.39 is 0 Å². The molecule has 0 radical (unpaired) electrons. The van der Waals surface area contributed by atoms with Gasteiger partial charge in [0.25, 0.3) is 5.91 Å². The van der Waals surface area contributed by atoms with Gasteiger partial charge in [0.1, 0.15) is 0 Å². The summed E-state index contributed by atoms with van der Waals surface area (Å²) in [5.41, 5.74) is 4.40. The molecule has 0 bridgehead atoms. The highest BCUT2D eigenvalue weighted by Crippen LogP contribution is 2.25. The average molecular weight is 374 g/mol. The van der Waals surface area contributed by atoms with Crippen molar-refractivity contribution in [3.63, 3.8) is 0 Å². The minimum absolute atomic E-state index is 0.0674. The molecule has 4 rings (SSSR count). The lowest BCUT2D eigenvalue weighted by molar-refractivity contribution is 0.0634. The van der Waals surface area contributed by atoms with Gasteiger partial charge in [-0.15, -0.1) is 0 Å². The molecule has 28 heavy (non-hydrogen) atoms. The largest absolute Gasteiger partial charge is 0.333 e. The van der Waals surface area contributed by atoms with Gasteiger partial charge >= 0.3 is 0 Å². The van der Waals surface area contributed by atoms with Gasteiger partial charge in [-0.2, -0.15) is 0 Å². The van der Waals surface area contributed by atoms with E-state index in [1.54, 1.807) is 12.5 Å². The third kappa shape index (κ3) is 3.99. The number of aryl methyl sites for hydroxylation is 1. The molecule has 1 saturated heterocycles. The van der Waals surface area contributed by atoms with Gasteiger partial charge in [-0.3, -0.25) is 4.79 Å². The molecule has 2 aromatic carbocycles. The van der Waals surface area contributed by atoms with Crippen molar-refractivity contribution < 1.29 is 4.79 Å². The summed E-state index contributed by atoms with van der Waals surface area (Å²) in [5, 5.41) is 3.43. The van der Waals surface area contributed by atoms with Crippen LogP contribution in [0.3, 0.4) is 0 Å². The SMILES string of the molecule is CCc1ccc(C2CNCCN2C(=O)c2ccc(Cn3ccnc3)cc2)cc1. The maximum atomic E-state index is 13.2. The number of nitrogens with zero attached hydrogens (tertiary/aromatic N) is 3. The number of imidazole rings is 1. The topological polar surface area (TPSA) is 50.2 Å². The number of rotatable bonds is 5. The van der Waals surface area contributed by atoms with Crippen molar-refractivity contribution in [1.29, 1.82) is 0 Å². The van der Waals surface area contributed by atoms with Crippen LogP contribution in [0.4, 0.5) is 0 Å². The number of aromatic nitrogens is 2. The summed E-state index contributed by atoms with van der Waals surface area (Å²) in [6.45, 7) is 5.25. The number of amides is 1. The molecule has 5 nitrogen and oxygen atoms in total. The predicted molar refractivity (Wildman–Crippen MR) is 110 cm³/mol. The lowest BCUT2D eigenvalue weighted by Crippen LogP contribution is -2.48. The Labute approximate surface area is 166 Å². The monoisotopic (exact) mass is 374 g/mol. The second-order valence-electron chi connectivity index (χ2n) is 7.25. The second kappa shape index (κ2) is 8.40. The lowest BCUT2D eigenvalue weighted by atomic mass is 9.99. The molecule has 1 aliphatic rings. The first-order chi connectivity index (χ1) is 13.7. The standard InChI is InChI=1S/C23H26N4O/c1-2-18-3-7-20(8-4-18)22-15-24-12-14-27(22)23(28)21-9-5-19(6-10-21)16-26-13-11-25-17-26/h3-11,13,17,22,24H,2,12,14-16H2,1H3. The van der Waals surface area contributed by atoms with Crippen molar-refractivity contribution in [2.45, 2.75) is 25.9 Å². The zero-order valence-electron chi connectivity index (χ0n) is 16.2. The highest BCUT2D eigenvalue weighted by molar-refractivity contribution is 5.94. The van der Waals surface area contributed by atoms with E-state index in [4.69, 9.17) is 0 Å². The highest BCUT2D eigenvalue weighted by Gasteiger charge is 2.28. The van der Waals surface area contributed by atoms with Crippen molar-refractivity contribution in [2.24, 2.45) is 0 Å². The predicted octanol–water partition coefficient (Wildman–Crippen LogP) is 3.28. The number of piperazine rings is 1. The Morgan fingerprint density at radius 1 is 1.11 bits per heavy atom. The first kappa shape index (κ1) is 18.4. The number of hydrogen-bond acceptors (Lipinski definition) is 3. The Hall–Kier alpha value is -2.92. The third-order valence-electron chi connectivity index (χ3n) is 5.40. The van der Waals surface area contributed by atoms with E-state index in [1.165, 1.54) is 11.1 Å². The molecule has 1 fully saturated rings. The van der Waals surface area contributed by atoms with E-state index in [2.05, 4.69) is 41.5 Å². The molecule has 2 heterocycles. The zero-order valence-corrected chi connectivity index (χ0v) is 16.2. The minimum Gasteiger partial charge on any atom is -0.333 e. The third-order valence-corrected chi connectivity index (χ3v) is 5.40. The lowest BCUT2D eigenvalue weighted by Gasteiger charge is -2.36. The van der Waals surface area contributed by atoms with Gasteiger partial charge in [0, 0.05) is 44.1 Å². The van der Waals surface area contributed by atoms with Crippen molar-refractivity contribution in [3.05, 3.63) is 89.5 Å². The summed E-state index contributed by atoms with van der Waals surface area (Å²) in [5.74, 6) is 0.0975. The Kier molecular flexibility index (Phi) is 5.53. The van der Waals surface area contributed by atoms with Crippen LogP contribution in [0.15, 0.2) is 67.3 Å². The molecule has 1 aromatic heterocycles.